The van der Waals surface area contributed by atoms with E-state index in [4.69, 9.17) is 5.73 Å². The number of amides is 1. The zero-order valence-corrected chi connectivity index (χ0v) is 11.9. The van der Waals surface area contributed by atoms with E-state index < -0.39 is 5.91 Å². The van der Waals surface area contributed by atoms with Crippen LogP contribution in [0.3, 0.4) is 0 Å². The summed E-state index contributed by atoms with van der Waals surface area (Å²) in [5, 5.41) is 23.0. The van der Waals surface area contributed by atoms with Crippen LogP contribution in [0.4, 0.5) is 5.69 Å². The second-order valence-corrected chi connectivity index (χ2v) is 4.61. The van der Waals surface area contributed by atoms with Gasteiger partial charge in [-0.2, -0.15) is 5.10 Å². The minimum atomic E-state index is -0.410. The summed E-state index contributed by atoms with van der Waals surface area (Å²) in [6, 6.07) is 6.38. The maximum Gasteiger partial charge on any atom is 0.271 e. The molecule has 5 N–H and O–H groups in total. The van der Waals surface area contributed by atoms with Gasteiger partial charge in [0.15, 0.2) is 0 Å². The lowest BCUT2D eigenvalue weighted by Gasteiger charge is -2.07. The van der Waals surface area contributed by atoms with Crippen LogP contribution in [0.25, 0.3) is 0 Å². The van der Waals surface area contributed by atoms with Gasteiger partial charge in [-0.1, -0.05) is 0 Å². The molecule has 2 rings (SSSR count). The monoisotopic (exact) mass is 300 g/mol. The highest BCUT2D eigenvalue weighted by molar-refractivity contribution is 5.95. The molecular formula is C15H16N4O3. The Labute approximate surface area is 127 Å². The van der Waals surface area contributed by atoms with Crippen LogP contribution >= 0.6 is 0 Å². The number of pyridine rings is 1. The molecule has 0 unspecified atom stereocenters. The van der Waals surface area contributed by atoms with Gasteiger partial charge in [-0.25, -0.2) is 5.43 Å². The molecule has 0 aliphatic carbocycles. The van der Waals surface area contributed by atoms with Crippen LogP contribution in [0.1, 0.15) is 27.2 Å². The minimum absolute atomic E-state index is 0.0861. The Bertz CT molecular complexity index is 711. The number of rotatable bonds is 4. The number of aliphatic hydroxyl groups excluding tert-OH is 1. The average Bonchev–Trinajstić information content (AvgIpc) is 2.52. The Morgan fingerprint density at radius 3 is 2.73 bits per heavy atom. The van der Waals surface area contributed by atoms with E-state index in [1.54, 1.807) is 31.2 Å². The van der Waals surface area contributed by atoms with Gasteiger partial charge in [0, 0.05) is 28.6 Å². The zero-order chi connectivity index (χ0) is 16.1. The topological polar surface area (TPSA) is 121 Å². The predicted molar refractivity (Wildman–Crippen MR) is 82.5 cm³/mol. The number of carbonyl (C=O) groups excluding carboxylic acids is 1. The van der Waals surface area contributed by atoms with Crippen molar-refractivity contribution in [1.82, 2.24) is 10.4 Å². The molecule has 1 aromatic heterocycles. The Balaban J connectivity index is 2.14. The summed E-state index contributed by atoms with van der Waals surface area (Å²) in [6.45, 7) is 1.33. The maximum atomic E-state index is 11.9. The molecule has 22 heavy (non-hydrogen) atoms. The number of aromatic hydroxyl groups is 1. The number of aromatic nitrogens is 1. The van der Waals surface area contributed by atoms with E-state index in [1.807, 2.05) is 0 Å². The van der Waals surface area contributed by atoms with Crippen LogP contribution in [-0.4, -0.2) is 27.3 Å². The molecule has 0 atom stereocenters. The molecule has 7 heteroatoms. The quantitative estimate of drug-likeness (QED) is 0.380. The van der Waals surface area contributed by atoms with Crippen LogP contribution in [0.5, 0.6) is 5.75 Å². The first-order valence-electron chi connectivity index (χ1n) is 6.50. The number of nitrogen functional groups attached to an aromatic ring is 1. The van der Waals surface area contributed by atoms with Gasteiger partial charge >= 0.3 is 0 Å². The average molecular weight is 300 g/mol. The molecule has 0 radical (unpaired) electrons. The highest BCUT2D eigenvalue weighted by atomic mass is 16.3. The summed E-state index contributed by atoms with van der Waals surface area (Å²) in [7, 11) is 0. The maximum absolute atomic E-state index is 11.9. The van der Waals surface area contributed by atoms with Crippen LogP contribution in [0.2, 0.25) is 0 Å². The van der Waals surface area contributed by atoms with E-state index in [2.05, 4.69) is 15.5 Å². The number of carbonyl (C=O) groups is 1. The third-order valence-corrected chi connectivity index (χ3v) is 3.06. The van der Waals surface area contributed by atoms with Gasteiger partial charge in [0.25, 0.3) is 5.91 Å². The van der Waals surface area contributed by atoms with Crippen molar-refractivity contribution in [2.75, 3.05) is 5.73 Å². The molecular weight excluding hydrogens is 284 g/mol. The van der Waals surface area contributed by atoms with Crippen molar-refractivity contribution >= 4 is 17.8 Å². The first-order chi connectivity index (χ1) is 10.5. The molecule has 0 fully saturated rings. The Hall–Kier alpha value is -2.93. The number of aryl methyl sites for hydroxylation is 1. The van der Waals surface area contributed by atoms with Gasteiger partial charge in [0.05, 0.1) is 18.5 Å². The summed E-state index contributed by atoms with van der Waals surface area (Å²) in [6.07, 6.45) is 2.71. The number of benzene rings is 1. The fourth-order valence-corrected chi connectivity index (χ4v) is 1.78. The summed E-state index contributed by atoms with van der Waals surface area (Å²) in [4.78, 5) is 15.8. The van der Waals surface area contributed by atoms with Crippen molar-refractivity contribution in [2.24, 2.45) is 5.10 Å². The predicted octanol–water partition coefficient (Wildman–Crippen LogP) is 0.934. The van der Waals surface area contributed by atoms with Crippen LogP contribution < -0.4 is 11.2 Å². The second kappa shape index (κ2) is 6.68. The molecule has 7 nitrogen and oxygen atoms in total. The number of hydrogen-bond donors (Lipinski definition) is 4. The van der Waals surface area contributed by atoms with Gasteiger partial charge in [-0.05, 0) is 31.2 Å². The molecule has 0 bridgehead atoms. The second-order valence-electron chi connectivity index (χ2n) is 4.61. The number of hydrogen-bond acceptors (Lipinski definition) is 6. The minimum Gasteiger partial charge on any atom is -0.505 e. The number of nitrogens with two attached hydrogens (primary N) is 1. The normalized spacial score (nSPS) is 10.8. The van der Waals surface area contributed by atoms with Gasteiger partial charge in [0.1, 0.15) is 5.75 Å². The number of nitrogens with zero attached hydrogens (tertiary/aromatic N) is 2. The molecule has 0 saturated carbocycles. The third-order valence-electron chi connectivity index (χ3n) is 3.06. The summed E-state index contributed by atoms with van der Waals surface area (Å²) < 4.78 is 0. The molecule has 0 spiro atoms. The lowest BCUT2D eigenvalue weighted by molar-refractivity contribution is 0.0955. The van der Waals surface area contributed by atoms with E-state index in [0.29, 0.717) is 28.1 Å². The van der Waals surface area contributed by atoms with E-state index in [1.165, 1.54) is 12.4 Å². The number of hydrazone groups is 1. The van der Waals surface area contributed by atoms with Gasteiger partial charge in [-0.3, -0.25) is 9.78 Å². The third kappa shape index (κ3) is 3.39. The Kier molecular flexibility index (Phi) is 4.70. The van der Waals surface area contributed by atoms with Crippen molar-refractivity contribution < 1.29 is 15.0 Å². The number of anilines is 1. The Morgan fingerprint density at radius 2 is 2.09 bits per heavy atom. The molecule has 2 aromatic rings. The lowest BCUT2D eigenvalue weighted by atomic mass is 10.1. The van der Waals surface area contributed by atoms with Crippen molar-refractivity contribution in [3.05, 3.63) is 52.8 Å². The SMILES string of the molecule is Cc1ncc(CO)c(/C=N/NC(=O)c2ccc(N)cc2)c1O. The number of aliphatic hydroxyl groups is 1. The van der Waals surface area contributed by atoms with E-state index in [0.717, 1.165) is 0 Å². The fraction of sp³-hybridized carbons (Fsp3) is 0.133. The van der Waals surface area contributed by atoms with Gasteiger partial charge in [0.2, 0.25) is 0 Å². The van der Waals surface area contributed by atoms with Crippen molar-refractivity contribution in [3.8, 4) is 5.75 Å². The van der Waals surface area contributed by atoms with Crippen molar-refractivity contribution in [1.29, 1.82) is 0 Å². The standard InChI is InChI=1S/C15H16N4O3/c1-9-14(21)13(11(8-20)6-17-9)7-18-19-15(22)10-2-4-12(16)5-3-10/h2-7,20-21H,8,16H2,1H3,(H,19,22)/b18-7+. The van der Waals surface area contributed by atoms with Gasteiger partial charge < -0.3 is 15.9 Å². The highest BCUT2D eigenvalue weighted by Crippen LogP contribution is 2.21. The molecule has 114 valence electrons. The van der Waals surface area contributed by atoms with Gasteiger partial charge in [-0.15, -0.1) is 0 Å². The molecule has 0 aliphatic rings. The summed E-state index contributed by atoms with van der Waals surface area (Å²) in [5.74, 6) is -0.496. The summed E-state index contributed by atoms with van der Waals surface area (Å²) in [5.41, 5.74) is 9.98. The molecule has 0 saturated heterocycles. The molecule has 0 aliphatic heterocycles. The smallest absolute Gasteiger partial charge is 0.271 e. The van der Waals surface area contributed by atoms with Crippen LogP contribution in [-0.2, 0) is 6.61 Å². The molecule has 1 aromatic carbocycles. The first kappa shape index (κ1) is 15.5. The van der Waals surface area contributed by atoms with E-state index >= 15 is 0 Å². The van der Waals surface area contributed by atoms with Crippen LogP contribution in [0.15, 0.2) is 35.6 Å². The largest absolute Gasteiger partial charge is 0.505 e. The Morgan fingerprint density at radius 1 is 1.41 bits per heavy atom. The van der Waals surface area contributed by atoms with E-state index in [-0.39, 0.29) is 12.4 Å². The summed E-state index contributed by atoms with van der Waals surface area (Å²) >= 11 is 0. The first-order valence-corrected chi connectivity index (χ1v) is 6.50. The molecule has 1 amide bonds. The lowest BCUT2D eigenvalue weighted by Crippen LogP contribution is -2.17. The van der Waals surface area contributed by atoms with Crippen LogP contribution in [0, 0.1) is 6.92 Å². The van der Waals surface area contributed by atoms with E-state index in [9.17, 15) is 15.0 Å². The van der Waals surface area contributed by atoms with Crippen molar-refractivity contribution in [3.63, 3.8) is 0 Å². The zero-order valence-electron chi connectivity index (χ0n) is 11.9. The number of nitrogens with one attached hydrogen (secondary N) is 1. The molecule has 1 heterocycles. The fourth-order valence-electron chi connectivity index (χ4n) is 1.78. The highest BCUT2D eigenvalue weighted by Gasteiger charge is 2.09. The van der Waals surface area contributed by atoms with Crippen molar-refractivity contribution in [2.45, 2.75) is 13.5 Å².